The van der Waals surface area contributed by atoms with Crippen LogP contribution in [0.5, 0.6) is 0 Å². The molecule has 0 fully saturated rings. The lowest BCUT2D eigenvalue weighted by Gasteiger charge is -2.21. The van der Waals surface area contributed by atoms with Crippen LogP contribution in [-0.2, 0) is 19.0 Å². The number of carbonyl (C=O) groups is 2. The second-order valence-corrected chi connectivity index (χ2v) is 2.95. The predicted molar refractivity (Wildman–Crippen MR) is 48.7 cm³/mol. The Kier molecular flexibility index (Phi) is 4.69. The van der Waals surface area contributed by atoms with Crippen LogP contribution in [0.4, 0.5) is 4.79 Å². The minimum absolute atomic E-state index is 0.0762. The summed E-state index contributed by atoms with van der Waals surface area (Å²) in [6, 6.07) is 0. The Hall–Kier alpha value is -1.52. The van der Waals surface area contributed by atoms with Crippen molar-refractivity contribution in [2.45, 2.75) is 19.4 Å². The molecule has 0 aliphatic rings. The van der Waals surface area contributed by atoms with Crippen LogP contribution in [0.3, 0.4) is 0 Å². The van der Waals surface area contributed by atoms with Crippen LogP contribution < -0.4 is 0 Å². The van der Waals surface area contributed by atoms with Crippen LogP contribution in [-0.4, -0.2) is 31.4 Å². The number of rotatable bonds is 4. The number of hydrogen-bond donors (Lipinski definition) is 0. The van der Waals surface area contributed by atoms with E-state index in [0.29, 0.717) is 0 Å². The summed E-state index contributed by atoms with van der Waals surface area (Å²) in [6.45, 7) is 6.28. The molecule has 0 rings (SSSR count). The largest absolute Gasteiger partial charge is 0.509 e. The fraction of sp³-hybridized carbons (Fsp3) is 0.556. The smallest absolute Gasteiger partial charge is 0.459 e. The summed E-state index contributed by atoms with van der Waals surface area (Å²) in [6.07, 6.45) is 0.497. The van der Waals surface area contributed by atoms with Gasteiger partial charge in [-0.1, -0.05) is 12.7 Å². The van der Waals surface area contributed by atoms with Gasteiger partial charge in [-0.2, -0.15) is 0 Å². The van der Waals surface area contributed by atoms with Crippen molar-refractivity contribution in [2.75, 3.05) is 13.7 Å². The van der Waals surface area contributed by atoms with Gasteiger partial charge < -0.3 is 14.2 Å². The molecule has 0 saturated heterocycles. The van der Waals surface area contributed by atoms with Gasteiger partial charge in [0, 0.05) is 0 Å². The molecule has 80 valence electrons. The number of esters is 1. The van der Waals surface area contributed by atoms with Crippen LogP contribution in [0, 0.1) is 0 Å². The van der Waals surface area contributed by atoms with Gasteiger partial charge in [0.1, 0.15) is 6.61 Å². The highest BCUT2D eigenvalue weighted by atomic mass is 16.7. The predicted octanol–water partition coefficient (Wildman–Crippen LogP) is 1.28. The summed E-state index contributed by atoms with van der Waals surface area (Å²) in [4.78, 5) is 22.0. The van der Waals surface area contributed by atoms with Crippen LogP contribution >= 0.6 is 0 Å². The first-order valence-corrected chi connectivity index (χ1v) is 3.99. The van der Waals surface area contributed by atoms with Crippen molar-refractivity contribution in [3.63, 3.8) is 0 Å². The zero-order valence-corrected chi connectivity index (χ0v) is 8.53. The maximum atomic E-state index is 11.3. The molecule has 0 amide bonds. The van der Waals surface area contributed by atoms with Gasteiger partial charge in [-0.15, -0.1) is 0 Å². The number of ether oxygens (including phenoxy) is 3. The van der Waals surface area contributed by atoms with Gasteiger partial charge in [0.15, 0.2) is 0 Å². The average Bonchev–Trinajstić information content (AvgIpc) is 2.13. The molecule has 0 unspecified atom stereocenters. The van der Waals surface area contributed by atoms with Crippen molar-refractivity contribution in [3.05, 3.63) is 12.7 Å². The van der Waals surface area contributed by atoms with Crippen LogP contribution in [0.25, 0.3) is 0 Å². The molecule has 0 aromatic rings. The third-order valence-electron chi connectivity index (χ3n) is 1.33. The molecule has 0 atom stereocenters. The lowest BCUT2D eigenvalue weighted by Crippen LogP contribution is -2.38. The van der Waals surface area contributed by atoms with E-state index in [0.717, 1.165) is 7.11 Å². The van der Waals surface area contributed by atoms with Gasteiger partial charge in [0.05, 0.1) is 7.11 Å². The molecule has 0 aromatic carbocycles. The summed E-state index contributed by atoms with van der Waals surface area (Å²) < 4.78 is 13.6. The van der Waals surface area contributed by atoms with E-state index in [2.05, 4.69) is 16.1 Å². The Morgan fingerprint density at radius 2 is 2.00 bits per heavy atom. The minimum Gasteiger partial charge on any atom is -0.459 e. The monoisotopic (exact) mass is 202 g/mol. The summed E-state index contributed by atoms with van der Waals surface area (Å²) in [5.41, 5.74) is -1.35. The highest BCUT2D eigenvalue weighted by molar-refractivity contribution is 5.81. The average molecular weight is 202 g/mol. The molecule has 0 spiro atoms. The zero-order valence-electron chi connectivity index (χ0n) is 8.53. The first-order valence-electron chi connectivity index (χ1n) is 3.99. The van der Waals surface area contributed by atoms with E-state index < -0.39 is 17.7 Å². The van der Waals surface area contributed by atoms with Crippen LogP contribution in [0.2, 0.25) is 0 Å². The first kappa shape index (κ1) is 12.5. The molecule has 14 heavy (non-hydrogen) atoms. The van der Waals surface area contributed by atoms with E-state index in [1.54, 1.807) is 0 Å². The Labute approximate surface area is 82.6 Å². The molecule has 0 heterocycles. The molecule has 0 aromatic heterocycles. The zero-order chi connectivity index (χ0) is 11.2. The molecular weight excluding hydrogens is 188 g/mol. The summed E-state index contributed by atoms with van der Waals surface area (Å²) >= 11 is 0. The topological polar surface area (TPSA) is 61.8 Å². The molecule has 0 bridgehead atoms. The van der Waals surface area contributed by atoms with Crippen molar-refractivity contribution in [1.82, 2.24) is 0 Å². The minimum atomic E-state index is -1.35. The van der Waals surface area contributed by atoms with E-state index >= 15 is 0 Å². The Bertz CT molecular complexity index is 231. The van der Waals surface area contributed by atoms with E-state index in [1.165, 1.54) is 19.9 Å². The fourth-order valence-corrected chi connectivity index (χ4v) is 0.600. The molecule has 0 radical (unpaired) electrons. The second kappa shape index (κ2) is 5.26. The van der Waals surface area contributed by atoms with Crippen LogP contribution in [0.15, 0.2) is 12.7 Å². The van der Waals surface area contributed by atoms with E-state index in [4.69, 9.17) is 4.74 Å². The van der Waals surface area contributed by atoms with Crippen LogP contribution in [0.1, 0.15) is 13.8 Å². The van der Waals surface area contributed by atoms with Gasteiger partial charge in [-0.3, -0.25) is 0 Å². The van der Waals surface area contributed by atoms with Crippen molar-refractivity contribution in [2.24, 2.45) is 0 Å². The molecule has 0 aliphatic heterocycles. The number of methoxy groups -OCH3 is 1. The van der Waals surface area contributed by atoms with E-state index in [1.807, 2.05) is 0 Å². The molecule has 0 saturated carbocycles. The lowest BCUT2D eigenvalue weighted by molar-refractivity contribution is -0.162. The standard InChI is InChI=1S/C9H14O5/c1-5-6-13-7(10)9(2,3)14-8(11)12-4/h5H,1,6H2,2-4H3. The maximum Gasteiger partial charge on any atom is 0.509 e. The lowest BCUT2D eigenvalue weighted by atomic mass is 10.1. The molecule has 0 aliphatic carbocycles. The third kappa shape index (κ3) is 3.93. The number of hydrogen-bond acceptors (Lipinski definition) is 5. The normalized spacial score (nSPS) is 10.2. The summed E-state index contributed by atoms with van der Waals surface area (Å²) in [7, 11) is 1.16. The first-order chi connectivity index (χ1) is 6.44. The summed E-state index contributed by atoms with van der Waals surface area (Å²) in [5, 5.41) is 0. The van der Waals surface area contributed by atoms with Crippen molar-refractivity contribution in [1.29, 1.82) is 0 Å². The summed E-state index contributed by atoms with van der Waals surface area (Å²) in [5.74, 6) is -0.650. The highest BCUT2D eigenvalue weighted by Crippen LogP contribution is 2.12. The third-order valence-corrected chi connectivity index (χ3v) is 1.33. The quantitative estimate of drug-likeness (QED) is 0.507. The Morgan fingerprint density at radius 1 is 1.43 bits per heavy atom. The Morgan fingerprint density at radius 3 is 2.43 bits per heavy atom. The van der Waals surface area contributed by atoms with Crippen molar-refractivity contribution >= 4 is 12.1 Å². The molecular formula is C9H14O5. The molecule has 5 nitrogen and oxygen atoms in total. The van der Waals surface area contributed by atoms with E-state index in [-0.39, 0.29) is 6.61 Å². The second-order valence-electron chi connectivity index (χ2n) is 2.95. The maximum absolute atomic E-state index is 11.3. The fourth-order valence-electron chi connectivity index (χ4n) is 0.600. The number of carbonyl (C=O) groups excluding carboxylic acids is 2. The molecule has 5 heteroatoms. The van der Waals surface area contributed by atoms with Crippen molar-refractivity contribution < 1.29 is 23.8 Å². The Balaban J connectivity index is 4.22. The SMILES string of the molecule is C=CCOC(=O)C(C)(C)OC(=O)OC. The molecule has 0 N–H and O–H groups in total. The van der Waals surface area contributed by atoms with Gasteiger partial charge in [-0.05, 0) is 13.8 Å². The van der Waals surface area contributed by atoms with Gasteiger partial charge in [-0.25, -0.2) is 9.59 Å². The van der Waals surface area contributed by atoms with E-state index in [9.17, 15) is 9.59 Å². The van der Waals surface area contributed by atoms with Gasteiger partial charge in [0.2, 0.25) is 5.60 Å². The van der Waals surface area contributed by atoms with Crippen molar-refractivity contribution in [3.8, 4) is 0 Å². The van der Waals surface area contributed by atoms with Gasteiger partial charge >= 0.3 is 12.1 Å². The highest BCUT2D eigenvalue weighted by Gasteiger charge is 2.34. The van der Waals surface area contributed by atoms with Gasteiger partial charge in [0.25, 0.3) is 0 Å².